The maximum Gasteiger partial charge on any atom is 0.264 e. The predicted octanol–water partition coefficient (Wildman–Crippen LogP) is 5.55. The number of nitrogens with one attached hydrogen (secondary N) is 1. The fourth-order valence-electron chi connectivity index (χ4n) is 2.61. The topological polar surface area (TPSA) is 72.5 Å². The molecule has 2 aromatic carbocycles. The zero-order valence-corrected chi connectivity index (χ0v) is 20.0. The van der Waals surface area contributed by atoms with E-state index in [4.69, 9.17) is 4.74 Å². The normalized spacial score (nSPS) is 11.6. The monoisotopic (exact) mass is 465 g/mol. The number of hydrogen-bond donors (Lipinski definition) is 1. The molecule has 5 nitrogen and oxygen atoms in total. The number of ether oxygens (including phenoxy) is 1. The number of rotatable bonds is 6. The van der Waals surface area contributed by atoms with Crippen LogP contribution in [0.4, 0.5) is 8.78 Å². The predicted molar refractivity (Wildman–Crippen MR) is 123 cm³/mol. The van der Waals surface area contributed by atoms with Crippen molar-refractivity contribution in [3.05, 3.63) is 76.9 Å². The minimum absolute atomic E-state index is 0.0208. The van der Waals surface area contributed by atoms with Gasteiger partial charge in [0.25, 0.3) is 15.9 Å². The molecule has 0 spiro atoms. The van der Waals surface area contributed by atoms with E-state index in [0.29, 0.717) is 28.9 Å². The molecule has 0 saturated heterocycles. The van der Waals surface area contributed by atoms with Gasteiger partial charge in [0.15, 0.2) is 0 Å². The lowest BCUT2D eigenvalue weighted by atomic mass is 10.1. The van der Waals surface area contributed by atoms with Gasteiger partial charge in [-0.15, -0.1) is 0 Å². The Labute approximate surface area is 188 Å². The maximum absolute atomic E-state index is 12.8. The minimum Gasteiger partial charge on any atom is -0.497 e. The van der Waals surface area contributed by atoms with Crippen LogP contribution in [0.1, 0.15) is 45.2 Å². The Morgan fingerprint density at radius 3 is 2.09 bits per heavy atom. The molecule has 0 aliphatic carbocycles. The molecule has 0 fully saturated rings. The molecular formula is C24H29F2NO4S. The number of aryl methyl sites for hydroxylation is 1. The lowest BCUT2D eigenvalue weighted by Crippen LogP contribution is -2.32. The van der Waals surface area contributed by atoms with Gasteiger partial charge < -0.3 is 4.74 Å². The summed E-state index contributed by atoms with van der Waals surface area (Å²) in [5.74, 6) is -1.29. The molecule has 0 radical (unpaired) electrons. The third kappa shape index (κ3) is 7.02. The van der Waals surface area contributed by atoms with E-state index in [1.165, 1.54) is 31.4 Å². The van der Waals surface area contributed by atoms with E-state index in [2.05, 4.69) is 11.3 Å². The zero-order chi connectivity index (χ0) is 24.6. The zero-order valence-electron chi connectivity index (χ0n) is 19.2. The van der Waals surface area contributed by atoms with Crippen molar-refractivity contribution >= 4 is 21.5 Å². The molecule has 0 heterocycles. The molecule has 2 aromatic rings. The van der Waals surface area contributed by atoms with E-state index in [-0.39, 0.29) is 10.5 Å². The number of carbonyl (C=O) groups is 1. The van der Waals surface area contributed by atoms with E-state index >= 15 is 0 Å². The van der Waals surface area contributed by atoms with Crippen molar-refractivity contribution in [1.82, 2.24) is 4.72 Å². The summed E-state index contributed by atoms with van der Waals surface area (Å²) in [7, 11) is -2.47. The van der Waals surface area contributed by atoms with Gasteiger partial charge in [-0.3, -0.25) is 4.79 Å². The van der Waals surface area contributed by atoms with Gasteiger partial charge in [-0.05, 0) is 63.5 Å². The molecule has 0 aliphatic rings. The molecule has 0 bridgehead atoms. The van der Waals surface area contributed by atoms with E-state index in [1.54, 1.807) is 39.8 Å². The van der Waals surface area contributed by atoms with Crippen LogP contribution < -0.4 is 9.46 Å². The number of methoxy groups -OCH3 is 1. The van der Waals surface area contributed by atoms with Crippen LogP contribution in [0.2, 0.25) is 0 Å². The van der Waals surface area contributed by atoms with Crippen LogP contribution in [-0.4, -0.2) is 21.4 Å². The third-order valence-corrected chi connectivity index (χ3v) is 6.29. The first-order valence-electron chi connectivity index (χ1n) is 9.83. The van der Waals surface area contributed by atoms with Crippen molar-refractivity contribution < 1.29 is 26.7 Å². The summed E-state index contributed by atoms with van der Waals surface area (Å²) < 4.78 is 57.4. The Hall–Kier alpha value is -3.00. The number of carbonyl (C=O) groups excluding carboxylic acids is 1. The number of hydrogen-bond acceptors (Lipinski definition) is 4. The van der Waals surface area contributed by atoms with Gasteiger partial charge in [0.2, 0.25) is 0 Å². The first-order valence-corrected chi connectivity index (χ1v) is 11.3. The molecule has 0 aliphatic heterocycles. The van der Waals surface area contributed by atoms with Crippen molar-refractivity contribution in [3.63, 3.8) is 0 Å². The summed E-state index contributed by atoms with van der Waals surface area (Å²) in [6.07, 6.45) is 0.692. The fourth-order valence-corrected chi connectivity index (χ4v) is 3.89. The maximum atomic E-state index is 12.8. The van der Waals surface area contributed by atoms with Crippen LogP contribution in [0.3, 0.4) is 0 Å². The SMILES string of the molecule is C=C(C)c1c(F)cccc1F.CC/C(C)=C(/C)C(=O)NS(=O)(=O)c1cc(OC)ccc1C. The van der Waals surface area contributed by atoms with Crippen LogP contribution in [-0.2, 0) is 14.8 Å². The van der Waals surface area contributed by atoms with Crippen molar-refractivity contribution in [3.8, 4) is 5.75 Å². The average Bonchev–Trinajstić information content (AvgIpc) is 2.72. The summed E-state index contributed by atoms with van der Waals surface area (Å²) in [5.41, 5.74) is 2.20. The van der Waals surface area contributed by atoms with E-state index in [1.807, 2.05) is 6.92 Å². The largest absolute Gasteiger partial charge is 0.497 e. The number of sulfonamides is 1. The standard InChI is InChI=1S/C15H21NO4S.C9H8F2/c1-6-10(2)12(4)15(17)16-21(18,19)14-9-13(20-5)8-7-11(14)3;1-6(2)9-7(10)4-3-5-8(9)11/h7-9H,6H2,1-5H3,(H,16,17);3-5H,1H2,2H3/b12-10-;. The highest BCUT2D eigenvalue weighted by Gasteiger charge is 2.21. The molecule has 1 N–H and O–H groups in total. The molecule has 174 valence electrons. The number of amides is 1. The lowest BCUT2D eigenvalue weighted by Gasteiger charge is -2.12. The molecule has 32 heavy (non-hydrogen) atoms. The van der Waals surface area contributed by atoms with Gasteiger partial charge in [-0.25, -0.2) is 21.9 Å². The van der Waals surface area contributed by atoms with E-state index in [0.717, 1.165) is 5.57 Å². The summed E-state index contributed by atoms with van der Waals surface area (Å²) in [6.45, 7) is 12.0. The van der Waals surface area contributed by atoms with Gasteiger partial charge in [-0.2, -0.15) is 0 Å². The highest BCUT2D eigenvalue weighted by Crippen LogP contribution is 2.22. The minimum atomic E-state index is -3.92. The van der Waals surface area contributed by atoms with E-state index in [9.17, 15) is 22.0 Å². The molecule has 0 atom stereocenters. The lowest BCUT2D eigenvalue weighted by molar-refractivity contribution is -0.115. The molecule has 0 saturated carbocycles. The Morgan fingerprint density at radius 1 is 1.09 bits per heavy atom. The molecule has 1 amide bonds. The Kier molecular flexibility index (Phi) is 9.78. The van der Waals surface area contributed by atoms with Crippen LogP contribution >= 0.6 is 0 Å². The number of halogens is 2. The second kappa shape index (κ2) is 11.6. The Morgan fingerprint density at radius 2 is 1.66 bits per heavy atom. The van der Waals surface area contributed by atoms with Crippen LogP contribution in [0.15, 0.2) is 59.0 Å². The van der Waals surface area contributed by atoms with Crippen molar-refractivity contribution in [1.29, 1.82) is 0 Å². The Balaban J connectivity index is 0.000000389. The summed E-state index contributed by atoms with van der Waals surface area (Å²) in [4.78, 5) is 12.1. The first kappa shape index (κ1) is 27.0. The number of allylic oxidation sites excluding steroid dienone is 2. The van der Waals surface area contributed by atoms with Gasteiger partial charge >= 0.3 is 0 Å². The van der Waals surface area contributed by atoms with Crippen molar-refractivity contribution in [2.45, 2.75) is 45.9 Å². The quantitative estimate of drug-likeness (QED) is 0.568. The molecular weight excluding hydrogens is 436 g/mol. The Bertz CT molecular complexity index is 1120. The van der Waals surface area contributed by atoms with Crippen LogP contribution in [0, 0.1) is 18.6 Å². The molecule has 0 aromatic heterocycles. The summed E-state index contributed by atoms with van der Waals surface area (Å²) in [5, 5.41) is 0. The average molecular weight is 466 g/mol. The highest BCUT2D eigenvalue weighted by atomic mass is 32.2. The summed E-state index contributed by atoms with van der Waals surface area (Å²) >= 11 is 0. The van der Waals surface area contributed by atoms with Gasteiger partial charge in [-0.1, -0.05) is 31.2 Å². The third-order valence-electron chi connectivity index (χ3n) is 4.81. The first-order chi connectivity index (χ1) is 14.8. The molecule has 2 rings (SSSR count). The smallest absolute Gasteiger partial charge is 0.264 e. The second-order valence-corrected chi connectivity index (χ2v) is 8.85. The van der Waals surface area contributed by atoms with Crippen LogP contribution in [0.25, 0.3) is 5.57 Å². The van der Waals surface area contributed by atoms with Gasteiger partial charge in [0, 0.05) is 17.2 Å². The van der Waals surface area contributed by atoms with Crippen molar-refractivity contribution in [2.24, 2.45) is 0 Å². The summed E-state index contributed by atoms with van der Waals surface area (Å²) in [6, 6.07) is 8.47. The fraction of sp³-hybridized carbons (Fsp3) is 0.292. The van der Waals surface area contributed by atoms with Gasteiger partial charge in [0.1, 0.15) is 17.4 Å². The van der Waals surface area contributed by atoms with Crippen molar-refractivity contribution in [2.75, 3.05) is 7.11 Å². The molecule has 8 heteroatoms. The highest BCUT2D eigenvalue weighted by molar-refractivity contribution is 7.90. The molecule has 0 unspecified atom stereocenters. The number of benzene rings is 2. The second-order valence-electron chi connectivity index (χ2n) is 7.20. The van der Waals surface area contributed by atoms with Gasteiger partial charge in [0.05, 0.1) is 12.0 Å². The van der Waals surface area contributed by atoms with Crippen LogP contribution in [0.5, 0.6) is 5.75 Å². The van der Waals surface area contributed by atoms with E-state index < -0.39 is 27.6 Å².